The number of nitrogens with one attached hydrogen (secondary N) is 1. The monoisotopic (exact) mass is 262 g/mol. The standard InChI is InChI=1S/C15H19ClN2/c16-15-8-13(9-17)6-7-14(15)11-18-10-12-4-2-1-3-5-12/h6-8,12,18H,1-5,10-11H2. The molecule has 96 valence electrons. The lowest BCUT2D eigenvalue weighted by Crippen LogP contribution is -2.24. The molecule has 2 nitrogen and oxygen atoms in total. The molecule has 0 saturated heterocycles. The maximum Gasteiger partial charge on any atom is 0.0992 e. The summed E-state index contributed by atoms with van der Waals surface area (Å²) in [4.78, 5) is 0. The van der Waals surface area contributed by atoms with Crippen LogP contribution in [0.1, 0.15) is 43.2 Å². The van der Waals surface area contributed by atoms with Crippen LogP contribution in [0.3, 0.4) is 0 Å². The minimum Gasteiger partial charge on any atom is -0.312 e. The van der Waals surface area contributed by atoms with E-state index in [4.69, 9.17) is 16.9 Å². The van der Waals surface area contributed by atoms with E-state index in [0.29, 0.717) is 10.6 Å². The number of nitriles is 1. The van der Waals surface area contributed by atoms with Crippen molar-refractivity contribution in [2.75, 3.05) is 6.54 Å². The van der Waals surface area contributed by atoms with E-state index >= 15 is 0 Å². The number of hydrogen-bond donors (Lipinski definition) is 1. The lowest BCUT2D eigenvalue weighted by atomic mass is 9.89. The van der Waals surface area contributed by atoms with Gasteiger partial charge in [0.05, 0.1) is 11.6 Å². The van der Waals surface area contributed by atoms with Crippen LogP contribution in [0.5, 0.6) is 0 Å². The van der Waals surface area contributed by atoms with Crippen molar-refractivity contribution in [3.8, 4) is 6.07 Å². The van der Waals surface area contributed by atoms with Gasteiger partial charge in [-0.25, -0.2) is 0 Å². The fourth-order valence-corrected chi connectivity index (χ4v) is 2.81. The first-order valence-corrected chi connectivity index (χ1v) is 7.06. The van der Waals surface area contributed by atoms with Gasteiger partial charge in [-0.05, 0) is 43.0 Å². The molecule has 0 spiro atoms. The van der Waals surface area contributed by atoms with Gasteiger partial charge >= 0.3 is 0 Å². The van der Waals surface area contributed by atoms with Gasteiger partial charge in [-0.1, -0.05) is 36.9 Å². The number of hydrogen-bond acceptors (Lipinski definition) is 2. The Kier molecular flexibility index (Phi) is 5.04. The molecule has 18 heavy (non-hydrogen) atoms. The third kappa shape index (κ3) is 3.73. The molecule has 1 N–H and O–H groups in total. The fourth-order valence-electron chi connectivity index (χ4n) is 2.56. The Morgan fingerprint density at radius 2 is 2.06 bits per heavy atom. The van der Waals surface area contributed by atoms with E-state index in [2.05, 4.69) is 11.4 Å². The Morgan fingerprint density at radius 3 is 2.72 bits per heavy atom. The second kappa shape index (κ2) is 6.78. The van der Waals surface area contributed by atoms with E-state index in [-0.39, 0.29) is 0 Å². The van der Waals surface area contributed by atoms with E-state index in [1.807, 2.05) is 12.1 Å². The predicted molar refractivity (Wildman–Crippen MR) is 74.4 cm³/mol. The normalized spacial score (nSPS) is 16.4. The van der Waals surface area contributed by atoms with Gasteiger partial charge in [0.25, 0.3) is 0 Å². The number of benzene rings is 1. The second-order valence-electron chi connectivity index (χ2n) is 5.05. The molecule has 0 atom stereocenters. The minimum absolute atomic E-state index is 0.621. The van der Waals surface area contributed by atoms with Crippen molar-refractivity contribution in [1.82, 2.24) is 5.32 Å². The Labute approximate surface area is 114 Å². The van der Waals surface area contributed by atoms with Crippen LogP contribution in [0.2, 0.25) is 5.02 Å². The summed E-state index contributed by atoms with van der Waals surface area (Å²) in [7, 11) is 0. The molecular weight excluding hydrogens is 244 g/mol. The molecule has 0 amide bonds. The van der Waals surface area contributed by atoms with Crippen LogP contribution in [0, 0.1) is 17.2 Å². The molecule has 2 rings (SSSR count). The van der Waals surface area contributed by atoms with Gasteiger partial charge in [0.1, 0.15) is 0 Å². The van der Waals surface area contributed by atoms with Gasteiger partial charge in [-0.2, -0.15) is 5.26 Å². The zero-order chi connectivity index (χ0) is 12.8. The molecule has 0 heterocycles. The summed E-state index contributed by atoms with van der Waals surface area (Å²) in [6.07, 6.45) is 6.87. The summed E-state index contributed by atoms with van der Waals surface area (Å²) >= 11 is 6.14. The molecule has 0 unspecified atom stereocenters. The smallest absolute Gasteiger partial charge is 0.0992 e. The molecule has 1 saturated carbocycles. The third-order valence-corrected chi connectivity index (χ3v) is 4.01. The Morgan fingerprint density at radius 1 is 1.28 bits per heavy atom. The van der Waals surface area contributed by atoms with Crippen molar-refractivity contribution in [3.05, 3.63) is 34.3 Å². The second-order valence-corrected chi connectivity index (χ2v) is 5.46. The van der Waals surface area contributed by atoms with Crippen LogP contribution >= 0.6 is 11.6 Å². The van der Waals surface area contributed by atoms with Crippen molar-refractivity contribution in [3.63, 3.8) is 0 Å². The molecule has 1 aliphatic rings. The van der Waals surface area contributed by atoms with Crippen molar-refractivity contribution < 1.29 is 0 Å². The fraction of sp³-hybridized carbons (Fsp3) is 0.533. The van der Waals surface area contributed by atoms with Crippen LogP contribution in [0.25, 0.3) is 0 Å². The molecule has 1 aromatic rings. The van der Waals surface area contributed by atoms with Crippen molar-refractivity contribution in [1.29, 1.82) is 5.26 Å². The molecule has 0 radical (unpaired) electrons. The van der Waals surface area contributed by atoms with Gasteiger partial charge < -0.3 is 5.32 Å². The molecular formula is C15H19ClN2. The highest BCUT2D eigenvalue weighted by molar-refractivity contribution is 6.31. The summed E-state index contributed by atoms with van der Waals surface area (Å²) in [6, 6.07) is 7.60. The van der Waals surface area contributed by atoms with Crippen molar-refractivity contribution in [2.45, 2.75) is 38.6 Å². The van der Waals surface area contributed by atoms with Crippen molar-refractivity contribution >= 4 is 11.6 Å². The first-order chi connectivity index (χ1) is 8.79. The van der Waals surface area contributed by atoms with E-state index in [0.717, 1.165) is 24.6 Å². The molecule has 3 heteroatoms. The van der Waals surface area contributed by atoms with E-state index in [1.54, 1.807) is 6.07 Å². The van der Waals surface area contributed by atoms with E-state index in [9.17, 15) is 0 Å². The van der Waals surface area contributed by atoms with Gasteiger partial charge in [-0.3, -0.25) is 0 Å². The van der Waals surface area contributed by atoms with Crippen LogP contribution in [-0.2, 0) is 6.54 Å². The third-order valence-electron chi connectivity index (χ3n) is 3.66. The van der Waals surface area contributed by atoms with Crippen LogP contribution in [-0.4, -0.2) is 6.54 Å². The van der Waals surface area contributed by atoms with Gasteiger partial charge in [0.15, 0.2) is 0 Å². The molecule has 0 aliphatic heterocycles. The highest BCUT2D eigenvalue weighted by Gasteiger charge is 2.12. The zero-order valence-electron chi connectivity index (χ0n) is 10.6. The van der Waals surface area contributed by atoms with Gasteiger partial charge in [0, 0.05) is 11.6 Å². The summed E-state index contributed by atoms with van der Waals surface area (Å²) in [5.74, 6) is 0.830. The predicted octanol–water partition coefficient (Wildman–Crippen LogP) is 3.88. The quantitative estimate of drug-likeness (QED) is 0.894. The Hall–Kier alpha value is -1.04. The maximum atomic E-state index is 8.77. The lowest BCUT2D eigenvalue weighted by molar-refractivity contribution is 0.342. The summed E-state index contributed by atoms with van der Waals surface area (Å²) in [6.45, 7) is 1.87. The topological polar surface area (TPSA) is 35.8 Å². The maximum absolute atomic E-state index is 8.77. The highest BCUT2D eigenvalue weighted by atomic mass is 35.5. The van der Waals surface area contributed by atoms with E-state index in [1.165, 1.54) is 32.1 Å². The summed E-state index contributed by atoms with van der Waals surface area (Å²) < 4.78 is 0. The largest absolute Gasteiger partial charge is 0.312 e. The average Bonchev–Trinajstić information content (AvgIpc) is 2.42. The Bertz CT molecular complexity index is 431. The average molecular weight is 263 g/mol. The lowest BCUT2D eigenvalue weighted by Gasteiger charge is -2.21. The van der Waals surface area contributed by atoms with Crippen LogP contribution in [0.15, 0.2) is 18.2 Å². The Balaban J connectivity index is 1.81. The first kappa shape index (κ1) is 13.4. The minimum atomic E-state index is 0.621. The zero-order valence-corrected chi connectivity index (χ0v) is 11.3. The highest BCUT2D eigenvalue weighted by Crippen LogP contribution is 2.23. The molecule has 0 aromatic heterocycles. The SMILES string of the molecule is N#Cc1ccc(CNCC2CCCCC2)c(Cl)c1. The summed E-state index contributed by atoms with van der Waals surface area (Å²) in [5, 5.41) is 12.9. The summed E-state index contributed by atoms with van der Waals surface area (Å²) in [5.41, 5.74) is 1.70. The number of halogens is 1. The van der Waals surface area contributed by atoms with Crippen LogP contribution in [0.4, 0.5) is 0 Å². The van der Waals surface area contributed by atoms with Gasteiger partial charge in [-0.15, -0.1) is 0 Å². The molecule has 1 aromatic carbocycles. The molecule has 1 fully saturated rings. The number of nitrogens with zero attached hydrogens (tertiary/aromatic N) is 1. The molecule has 1 aliphatic carbocycles. The molecule has 0 bridgehead atoms. The van der Waals surface area contributed by atoms with E-state index < -0.39 is 0 Å². The van der Waals surface area contributed by atoms with Crippen LogP contribution < -0.4 is 5.32 Å². The van der Waals surface area contributed by atoms with Crippen molar-refractivity contribution in [2.24, 2.45) is 5.92 Å². The first-order valence-electron chi connectivity index (χ1n) is 6.69. The number of rotatable bonds is 4. The van der Waals surface area contributed by atoms with Gasteiger partial charge in [0.2, 0.25) is 0 Å².